The average molecular weight is 182 g/mol. The smallest absolute Gasteiger partial charge is 0.0698 e. The summed E-state index contributed by atoms with van der Waals surface area (Å²) in [5.41, 5.74) is 0. The van der Waals surface area contributed by atoms with Crippen LogP contribution in [-0.2, 0) is 4.74 Å². The molecule has 0 fully saturated rings. The van der Waals surface area contributed by atoms with Crippen molar-refractivity contribution in [3.05, 3.63) is 0 Å². The lowest BCUT2D eigenvalue weighted by atomic mass is 10.5. The summed E-state index contributed by atoms with van der Waals surface area (Å²) in [6, 6.07) is 0. The minimum atomic E-state index is 0.0278. The summed E-state index contributed by atoms with van der Waals surface area (Å²) in [4.78, 5) is 0. The summed E-state index contributed by atoms with van der Waals surface area (Å²) in [7, 11) is 0. The van der Waals surface area contributed by atoms with E-state index >= 15 is 0 Å². The van der Waals surface area contributed by atoms with Crippen molar-refractivity contribution in [3.63, 3.8) is 0 Å². The fourth-order valence-corrected chi connectivity index (χ4v) is 0.302. The van der Waals surface area contributed by atoms with Gasteiger partial charge in [-0.1, -0.05) is 0 Å². The van der Waals surface area contributed by atoms with E-state index in [1.54, 1.807) is 0 Å². The van der Waals surface area contributed by atoms with Gasteiger partial charge in [0.15, 0.2) is 0 Å². The van der Waals surface area contributed by atoms with Gasteiger partial charge in [0, 0.05) is 13.2 Å². The Bertz CT molecular complexity index is 53.8. The fraction of sp³-hybridized carbons (Fsp3) is 1.00. The molecule has 0 bridgehead atoms. The number of aliphatic hydroxyl groups is 4. The Morgan fingerprint density at radius 2 is 1.08 bits per heavy atom. The summed E-state index contributed by atoms with van der Waals surface area (Å²) < 4.78 is 4.63. The predicted molar refractivity (Wildman–Crippen MR) is 43.8 cm³/mol. The molecule has 12 heavy (non-hydrogen) atoms. The standard InChI is InChI=1S/C4H10O3.C3H8O2/c5-1-3-7-4-2-6;4-2-1-3-5/h5-6H,1-4H2;4-5H,1-3H2. The zero-order valence-electron chi connectivity index (χ0n) is 7.15. The maximum absolute atomic E-state index is 8.09. The highest BCUT2D eigenvalue weighted by atomic mass is 16.5. The van der Waals surface area contributed by atoms with Crippen LogP contribution in [0.3, 0.4) is 0 Å². The lowest BCUT2D eigenvalue weighted by Gasteiger charge is -1.94. The lowest BCUT2D eigenvalue weighted by molar-refractivity contribution is 0.0650. The first-order valence-corrected chi connectivity index (χ1v) is 3.84. The van der Waals surface area contributed by atoms with E-state index in [4.69, 9.17) is 20.4 Å². The Labute approximate surface area is 72.2 Å². The molecule has 0 saturated heterocycles. The minimum Gasteiger partial charge on any atom is -0.396 e. The molecule has 5 nitrogen and oxygen atoms in total. The van der Waals surface area contributed by atoms with Crippen LogP contribution in [0.1, 0.15) is 6.42 Å². The van der Waals surface area contributed by atoms with Gasteiger partial charge < -0.3 is 25.2 Å². The van der Waals surface area contributed by atoms with Gasteiger partial charge >= 0.3 is 0 Å². The van der Waals surface area contributed by atoms with Crippen LogP contribution in [0.25, 0.3) is 0 Å². The number of ether oxygens (including phenoxy) is 1. The molecule has 0 aliphatic rings. The fourth-order valence-electron chi connectivity index (χ4n) is 0.302. The molecule has 0 aromatic carbocycles. The highest BCUT2D eigenvalue weighted by Crippen LogP contribution is 1.68. The van der Waals surface area contributed by atoms with Gasteiger partial charge in [-0.3, -0.25) is 0 Å². The third kappa shape index (κ3) is 22.6. The molecule has 0 spiro atoms. The molecule has 0 aliphatic carbocycles. The van der Waals surface area contributed by atoms with Crippen LogP contribution >= 0.6 is 0 Å². The lowest BCUT2D eigenvalue weighted by Crippen LogP contribution is -2.03. The molecule has 0 radical (unpaired) electrons. The van der Waals surface area contributed by atoms with Crippen LogP contribution in [0.2, 0.25) is 0 Å². The molecule has 5 heteroatoms. The third-order valence-electron chi connectivity index (χ3n) is 0.787. The van der Waals surface area contributed by atoms with Crippen molar-refractivity contribution in [2.24, 2.45) is 0 Å². The highest BCUT2D eigenvalue weighted by molar-refractivity contribution is 4.24. The van der Waals surface area contributed by atoms with Gasteiger partial charge in [-0.2, -0.15) is 0 Å². The number of hydrogen-bond acceptors (Lipinski definition) is 5. The van der Waals surface area contributed by atoms with Crippen molar-refractivity contribution >= 4 is 0 Å². The molecule has 0 saturated carbocycles. The third-order valence-corrected chi connectivity index (χ3v) is 0.787. The van der Waals surface area contributed by atoms with E-state index in [0.717, 1.165) is 0 Å². The second-order valence-corrected chi connectivity index (χ2v) is 1.86. The molecule has 0 amide bonds. The molecular weight excluding hydrogens is 164 g/mol. The molecule has 0 heterocycles. The van der Waals surface area contributed by atoms with E-state index in [1.165, 1.54) is 0 Å². The average Bonchev–Trinajstić information content (AvgIpc) is 2.08. The summed E-state index contributed by atoms with van der Waals surface area (Å²) in [6.45, 7) is 0.883. The van der Waals surface area contributed by atoms with E-state index in [1.807, 2.05) is 0 Å². The van der Waals surface area contributed by atoms with E-state index in [9.17, 15) is 0 Å². The maximum atomic E-state index is 8.09. The SMILES string of the molecule is OCCCO.OCCOCCO. The van der Waals surface area contributed by atoms with E-state index in [0.29, 0.717) is 19.6 Å². The van der Waals surface area contributed by atoms with Crippen molar-refractivity contribution in [1.82, 2.24) is 0 Å². The summed E-state index contributed by atoms with van der Waals surface area (Å²) >= 11 is 0. The van der Waals surface area contributed by atoms with E-state index in [2.05, 4.69) is 4.74 Å². The predicted octanol–water partition coefficient (Wildman–Crippen LogP) is -1.65. The van der Waals surface area contributed by atoms with Gasteiger partial charge in [0.05, 0.1) is 26.4 Å². The molecule has 0 aromatic rings. The molecule has 4 N–H and O–H groups in total. The van der Waals surface area contributed by atoms with Crippen molar-refractivity contribution in [1.29, 1.82) is 0 Å². The first kappa shape index (κ1) is 14.3. The Morgan fingerprint density at radius 1 is 0.667 bits per heavy atom. The van der Waals surface area contributed by atoms with Gasteiger partial charge in [-0.25, -0.2) is 0 Å². The maximum Gasteiger partial charge on any atom is 0.0698 e. The molecule has 0 atom stereocenters. The van der Waals surface area contributed by atoms with Gasteiger partial charge in [-0.15, -0.1) is 0 Å². The van der Waals surface area contributed by atoms with Crippen LogP contribution in [0.4, 0.5) is 0 Å². The zero-order chi connectivity index (χ0) is 9.66. The largest absolute Gasteiger partial charge is 0.396 e. The van der Waals surface area contributed by atoms with E-state index < -0.39 is 0 Å². The van der Waals surface area contributed by atoms with Gasteiger partial charge in [0.25, 0.3) is 0 Å². The molecular formula is C7H18O5. The Kier molecular flexibility index (Phi) is 20.4. The molecule has 0 rings (SSSR count). The summed E-state index contributed by atoms with van der Waals surface area (Å²) in [5, 5.41) is 32.0. The van der Waals surface area contributed by atoms with Crippen LogP contribution in [-0.4, -0.2) is 60.1 Å². The first-order valence-electron chi connectivity index (χ1n) is 3.84. The van der Waals surface area contributed by atoms with Crippen LogP contribution in [0.15, 0.2) is 0 Å². The Balaban J connectivity index is 0. The molecule has 0 aliphatic heterocycles. The van der Waals surface area contributed by atoms with Crippen molar-refractivity contribution < 1.29 is 25.2 Å². The van der Waals surface area contributed by atoms with Gasteiger partial charge in [-0.05, 0) is 6.42 Å². The molecule has 0 unspecified atom stereocenters. The molecule has 0 aromatic heterocycles. The summed E-state index contributed by atoms with van der Waals surface area (Å²) in [5.74, 6) is 0. The van der Waals surface area contributed by atoms with Crippen molar-refractivity contribution in [2.45, 2.75) is 6.42 Å². The Morgan fingerprint density at radius 3 is 1.25 bits per heavy atom. The summed E-state index contributed by atoms with van der Waals surface area (Å²) in [6.07, 6.45) is 0.500. The first-order chi connectivity index (χ1) is 5.83. The van der Waals surface area contributed by atoms with Crippen molar-refractivity contribution in [3.8, 4) is 0 Å². The van der Waals surface area contributed by atoms with Gasteiger partial charge in [0.1, 0.15) is 0 Å². The van der Waals surface area contributed by atoms with Gasteiger partial charge in [0.2, 0.25) is 0 Å². The zero-order valence-corrected chi connectivity index (χ0v) is 7.15. The normalized spacial score (nSPS) is 9.00. The van der Waals surface area contributed by atoms with Crippen LogP contribution < -0.4 is 0 Å². The second kappa shape index (κ2) is 17.0. The number of hydrogen-bond donors (Lipinski definition) is 4. The topological polar surface area (TPSA) is 90.2 Å². The van der Waals surface area contributed by atoms with Crippen LogP contribution in [0, 0.1) is 0 Å². The number of aliphatic hydroxyl groups excluding tert-OH is 4. The quantitative estimate of drug-likeness (QED) is 0.369. The van der Waals surface area contributed by atoms with E-state index in [-0.39, 0.29) is 26.4 Å². The molecule has 76 valence electrons. The Hall–Kier alpha value is -0.200. The van der Waals surface area contributed by atoms with Crippen molar-refractivity contribution in [2.75, 3.05) is 39.6 Å². The van der Waals surface area contributed by atoms with Crippen LogP contribution in [0.5, 0.6) is 0 Å². The minimum absolute atomic E-state index is 0.0278. The second-order valence-electron chi connectivity index (χ2n) is 1.86. The number of rotatable bonds is 6. The highest BCUT2D eigenvalue weighted by Gasteiger charge is 1.79. The monoisotopic (exact) mass is 182 g/mol.